The summed E-state index contributed by atoms with van der Waals surface area (Å²) < 4.78 is 33.1. The Morgan fingerprint density at radius 2 is 1.80 bits per heavy atom. The van der Waals surface area contributed by atoms with Gasteiger partial charge < -0.3 is 0 Å². The molecule has 0 radical (unpaired) electrons. The topological polar surface area (TPSA) is 63.6 Å². The third-order valence-electron chi connectivity index (χ3n) is 0.298. The van der Waals surface area contributed by atoms with Crippen LogP contribution in [-0.4, -0.2) is 109 Å². The summed E-state index contributed by atoms with van der Waals surface area (Å²) in [6, 6.07) is 0. The van der Waals surface area contributed by atoms with Gasteiger partial charge in [-0.1, -0.05) is 0 Å². The Kier molecular flexibility index (Phi) is 16.5. The van der Waals surface area contributed by atoms with Crippen LogP contribution in [0.3, 0.4) is 0 Å². The molecule has 58 valence electrons. The van der Waals surface area contributed by atoms with Gasteiger partial charge in [-0.15, -0.1) is 0 Å². The Morgan fingerprint density at radius 1 is 1.50 bits per heavy atom. The molecular formula is C2H12As2Ca2O4. The fourth-order valence-electron chi connectivity index (χ4n) is 0.239. The zero-order chi connectivity index (χ0) is 6.78. The second-order valence-electron chi connectivity index (χ2n) is 1.39. The molecule has 0 spiro atoms. The molecule has 0 aromatic rings. The third kappa shape index (κ3) is 17.3. The van der Waals surface area contributed by atoms with E-state index < -0.39 is 29.1 Å². The van der Waals surface area contributed by atoms with Crippen LogP contribution in [0.5, 0.6) is 0 Å². The van der Waals surface area contributed by atoms with Gasteiger partial charge in [-0.05, 0) is 0 Å². The van der Waals surface area contributed by atoms with Crippen LogP contribution < -0.4 is 0 Å². The van der Waals surface area contributed by atoms with Crippen molar-refractivity contribution in [2.75, 3.05) is 0 Å². The number of hydrogen-bond donors (Lipinski definition) is 1. The first kappa shape index (κ1) is 18.8. The van der Waals surface area contributed by atoms with E-state index in [9.17, 15) is 7.48 Å². The average molecular weight is 330 g/mol. The molecule has 0 rings (SSSR count). The third-order valence-corrected chi connectivity index (χ3v) is 8.04. The molecule has 0 bridgehead atoms. The van der Waals surface area contributed by atoms with Gasteiger partial charge in [0, 0.05) is 0 Å². The summed E-state index contributed by atoms with van der Waals surface area (Å²) >= 11 is -6.76. The first-order valence-electron chi connectivity index (χ1n) is 1.92. The molecule has 0 aromatic heterocycles. The first-order valence-corrected chi connectivity index (χ1v) is 9.98. The molecule has 0 aliphatic carbocycles. The van der Waals surface area contributed by atoms with Crippen LogP contribution in [-0.2, 0) is 10.2 Å². The van der Waals surface area contributed by atoms with E-state index in [1.807, 2.05) is 0 Å². The molecule has 0 fully saturated rings. The van der Waals surface area contributed by atoms with E-state index in [0.717, 1.165) is 5.71 Å². The Balaban J connectivity index is -0.000000245. The molecule has 2 unspecified atom stereocenters. The quantitative estimate of drug-likeness (QED) is 0.566. The Labute approximate surface area is 127 Å². The van der Waals surface area contributed by atoms with Crippen LogP contribution in [0.25, 0.3) is 0 Å². The van der Waals surface area contributed by atoms with Gasteiger partial charge in [-0.2, -0.15) is 0 Å². The minimum atomic E-state index is -4.00. The van der Waals surface area contributed by atoms with Crippen LogP contribution in [0.15, 0.2) is 0 Å². The summed E-state index contributed by atoms with van der Waals surface area (Å²) in [6.07, 6.45) is 0. The van der Waals surface area contributed by atoms with Crippen LogP contribution in [0.1, 0.15) is 0 Å². The van der Waals surface area contributed by atoms with Gasteiger partial charge >= 0.3 is 130 Å². The number of hydrogen-bond acceptors (Lipinski definition) is 3. The van der Waals surface area contributed by atoms with E-state index >= 15 is 0 Å². The molecule has 1 N–H and O–H groups in total. The molecule has 0 saturated carbocycles. The van der Waals surface area contributed by atoms with Gasteiger partial charge in [-0.25, -0.2) is 0 Å². The van der Waals surface area contributed by atoms with Crippen LogP contribution in [0.4, 0.5) is 0 Å². The Morgan fingerprint density at radius 3 is 1.80 bits per heavy atom. The molecule has 4 nitrogen and oxygen atoms in total. The summed E-state index contributed by atoms with van der Waals surface area (Å²) in [5.74, 6) is 0. The van der Waals surface area contributed by atoms with E-state index in [-0.39, 0.29) is 75.5 Å². The van der Waals surface area contributed by atoms with Crippen LogP contribution >= 0.6 is 0 Å². The molecule has 0 heterocycles. The van der Waals surface area contributed by atoms with Crippen molar-refractivity contribution in [1.29, 1.82) is 0 Å². The summed E-state index contributed by atoms with van der Waals surface area (Å²) in [4.78, 5) is 0. The fraction of sp³-hybridized carbons (Fsp3) is 1.00. The van der Waals surface area contributed by atoms with E-state index in [2.05, 4.69) is 2.72 Å². The van der Waals surface area contributed by atoms with Crippen molar-refractivity contribution in [3.05, 3.63) is 0 Å². The van der Waals surface area contributed by atoms with Crippen molar-refractivity contribution in [3.63, 3.8) is 0 Å². The van der Waals surface area contributed by atoms with Gasteiger partial charge in [0.2, 0.25) is 0 Å². The minimum absolute atomic E-state index is 0. The Bertz CT molecular complexity index is 142. The monoisotopic (exact) mass is 330 g/mol. The normalized spacial score (nSPS) is 17.5. The van der Waals surface area contributed by atoms with Crippen molar-refractivity contribution in [3.8, 4) is 0 Å². The average Bonchev–Trinajstić information content (AvgIpc) is 1.21. The van der Waals surface area contributed by atoms with Gasteiger partial charge in [0.1, 0.15) is 0 Å². The predicted molar refractivity (Wildman–Crippen MR) is 46.4 cm³/mol. The van der Waals surface area contributed by atoms with E-state index in [1.54, 1.807) is 0 Å². The van der Waals surface area contributed by atoms with Crippen molar-refractivity contribution in [2.45, 2.75) is 11.4 Å². The maximum absolute atomic E-state index is 10.3. The van der Waals surface area contributed by atoms with Crippen molar-refractivity contribution in [1.82, 2.24) is 0 Å². The fourth-order valence-corrected chi connectivity index (χ4v) is 6.44. The van der Waals surface area contributed by atoms with Crippen LogP contribution in [0.2, 0.25) is 11.4 Å². The molecule has 0 aromatic carbocycles. The van der Waals surface area contributed by atoms with Gasteiger partial charge in [0.25, 0.3) is 0 Å². The zero-order valence-corrected chi connectivity index (χ0v) is 8.59. The molecule has 8 heteroatoms. The second kappa shape index (κ2) is 8.74. The molecular weight excluding hydrogens is 318 g/mol. The van der Waals surface area contributed by atoms with Crippen molar-refractivity contribution >= 4 is 105 Å². The van der Waals surface area contributed by atoms with Crippen molar-refractivity contribution in [2.24, 2.45) is 0 Å². The van der Waals surface area contributed by atoms with E-state index in [1.165, 1.54) is 5.71 Å². The van der Waals surface area contributed by atoms with Gasteiger partial charge in [0.05, 0.1) is 0 Å². The molecule has 0 saturated heterocycles. The summed E-state index contributed by atoms with van der Waals surface area (Å²) in [5, 5.41) is 0. The number of rotatable bonds is 2. The van der Waals surface area contributed by atoms with E-state index in [0.29, 0.717) is 0 Å². The summed E-state index contributed by atoms with van der Waals surface area (Å²) in [7, 11) is 0. The van der Waals surface area contributed by atoms with Crippen LogP contribution in [0, 0.1) is 0 Å². The first-order chi connectivity index (χ1) is 3.42. The molecule has 0 amide bonds. The van der Waals surface area contributed by atoms with Crippen molar-refractivity contribution < 1.29 is 14.3 Å². The summed E-state index contributed by atoms with van der Waals surface area (Å²) in [5.41, 5.74) is 2.42. The molecule has 10 heavy (non-hydrogen) atoms. The van der Waals surface area contributed by atoms with Gasteiger partial charge in [0.15, 0.2) is 0 Å². The van der Waals surface area contributed by atoms with Gasteiger partial charge in [-0.3, -0.25) is 0 Å². The Hall–Kier alpha value is 3.16. The molecule has 2 atom stereocenters. The zero-order valence-electron chi connectivity index (χ0n) is 4.62. The molecule has 0 aliphatic heterocycles. The van der Waals surface area contributed by atoms with E-state index in [4.69, 9.17) is 4.10 Å². The summed E-state index contributed by atoms with van der Waals surface area (Å²) in [6.45, 7) is 0. The second-order valence-corrected chi connectivity index (χ2v) is 9.19. The molecule has 0 aliphatic rings. The standard InChI is InChI=1S/C2H8As2O4.2Ca.4H/c1-3(5)8-4(2,6)7;;;;;;/h3H,1-2H3,(H,6,7);;;;;;. The SMILES string of the molecule is C[AsH](=O)O[As](C)(=O)O.[CaH2].[CaH2]. The predicted octanol–water partition coefficient (Wildman–Crippen LogP) is -2.56. The maximum atomic E-state index is 10.3.